The molecule has 7 heteroatoms. The van der Waals surface area contributed by atoms with Crippen molar-refractivity contribution >= 4 is 23.2 Å². The minimum Gasteiger partial charge on any atom is -0.491 e. The summed E-state index contributed by atoms with van der Waals surface area (Å²) in [5.41, 5.74) is 2.91. The van der Waals surface area contributed by atoms with E-state index in [0.717, 1.165) is 11.3 Å². The first kappa shape index (κ1) is 24.8. The van der Waals surface area contributed by atoms with Gasteiger partial charge in [-0.15, -0.1) is 0 Å². The summed E-state index contributed by atoms with van der Waals surface area (Å²) in [6, 6.07) is 24.2. The summed E-state index contributed by atoms with van der Waals surface area (Å²) in [5, 5.41) is 5.93. The highest BCUT2D eigenvalue weighted by Gasteiger charge is 2.13. The summed E-state index contributed by atoms with van der Waals surface area (Å²) in [4.78, 5) is 26.9. The van der Waals surface area contributed by atoms with Crippen molar-refractivity contribution in [1.82, 2.24) is 4.90 Å². The van der Waals surface area contributed by atoms with Crippen molar-refractivity contribution in [2.45, 2.75) is 13.5 Å². The van der Waals surface area contributed by atoms with Crippen LogP contribution >= 0.6 is 0 Å². The van der Waals surface area contributed by atoms with Crippen LogP contribution in [0.2, 0.25) is 0 Å². The van der Waals surface area contributed by atoms with Crippen molar-refractivity contribution in [3.8, 4) is 5.75 Å². The number of carbonyl (C=O) groups is 2. The van der Waals surface area contributed by atoms with Crippen molar-refractivity contribution in [1.29, 1.82) is 0 Å². The van der Waals surface area contributed by atoms with E-state index in [4.69, 9.17) is 9.47 Å². The van der Waals surface area contributed by atoms with E-state index in [1.165, 1.54) is 0 Å². The first-order valence-corrected chi connectivity index (χ1v) is 11.3. The van der Waals surface area contributed by atoms with Crippen LogP contribution in [0, 0.1) is 0 Å². The van der Waals surface area contributed by atoms with Gasteiger partial charge in [-0.3, -0.25) is 9.59 Å². The van der Waals surface area contributed by atoms with Crippen molar-refractivity contribution in [3.63, 3.8) is 0 Å². The van der Waals surface area contributed by atoms with Crippen LogP contribution in [0.25, 0.3) is 0 Å². The lowest BCUT2D eigenvalue weighted by Crippen LogP contribution is -2.26. The lowest BCUT2D eigenvalue weighted by atomic mass is 10.1. The first-order valence-electron chi connectivity index (χ1n) is 11.3. The molecule has 0 bridgehead atoms. The van der Waals surface area contributed by atoms with Crippen LogP contribution in [0.15, 0.2) is 78.9 Å². The molecule has 0 unspecified atom stereocenters. The third kappa shape index (κ3) is 7.94. The van der Waals surface area contributed by atoms with Crippen LogP contribution < -0.4 is 15.4 Å². The second kappa shape index (κ2) is 13.0. The lowest BCUT2D eigenvalue weighted by Gasteiger charge is -2.18. The molecule has 0 aliphatic rings. The number of benzene rings is 3. The molecular formula is C27H31N3O4. The molecular weight excluding hydrogens is 430 g/mol. The number of hydrogen-bond acceptors (Lipinski definition) is 5. The first-order chi connectivity index (χ1) is 16.5. The Morgan fingerprint density at radius 2 is 1.65 bits per heavy atom. The van der Waals surface area contributed by atoms with Gasteiger partial charge in [0.25, 0.3) is 5.91 Å². The molecule has 0 radical (unpaired) electrons. The zero-order valence-electron chi connectivity index (χ0n) is 19.6. The molecule has 0 aliphatic heterocycles. The van der Waals surface area contributed by atoms with E-state index in [1.807, 2.05) is 61.5 Å². The van der Waals surface area contributed by atoms with Crippen LogP contribution in [-0.2, 0) is 16.1 Å². The van der Waals surface area contributed by atoms with Crippen molar-refractivity contribution in [2.24, 2.45) is 0 Å². The highest BCUT2D eigenvalue weighted by molar-refractivity contribution is 5.98. The summed E-state index contributed by atoms with van der Waals surface area (Å²) in [6.07, 6.45) is 0. The van der Waals surface area contributed by atoms with E-state index in [0.29, 0.717) is 43.4 Å². The number of nitrogens with one attached hydrogen (secondary N) is 2. The largest absolute Gasteiger partial charge is 0.491 e. The summed E-state index contributed by atoms with van der Waals surface area (Å²) in [7, 11) is 1.76. The van der Waals surface area contributed by atoms with E-state index >= 15 is 0 Å². The topological polar surface area (TPSA) is 79.9 Å². The smallest absolute Gasteiger partial charge is 0.253 e. The molecule has 2 N–H and O–H groups in total. The zero-order chi connectivity index (χ0) is 24.2. The van der Waals surface area contributed by atoms with Crippen molar-refractivity contribution in [3.05, 3.63) is 90.0 Å². The van der Waals surface area contributed by atoms with E-state index in [2.05, 4.69) is 10.6 Å². The molecule has 0 heterocycles. The Bertz CT molecular complexity index is 1070. The van der Waals surface area contributed by atoms with Crippen LogP contribution in [0.5, 0.6) is 5.75 Å². The van der Waals surface area contributed by atoms with Gasteiger partial charge in [0.1, 0.15) is 12.4 Å². The van der Waals surface area contributed by atoms with E-state index in [1.54, 1.807) is 36.2 Å². The van der Waals surface area contributed by atoms with E-state index in [-0.39, 0.29) is 18.4 Å². The molecule has 7 nitrogen and oxygen atoms in total. The molecule has 178 valence electrons. The number of carbonyl (C=O) groups excluding carboxylic acids is 2. The SMILES string of the molecule is CCOCCOc1cccc(NCC(=O)Nc2cccc(C(=O)N(C)Cc3ccccc3)c2)c1. The number of amides is 2. The average molecular weight is 462 g/mol. The van der Waals surface area contributed by atoms with Gasteiger partial charge >= 0.3 is 0 Å². The number of ether oxygens (including phenoxy) is 2. The Hall–Kier alpha value is -3.84. The van der Waals surface area contributed by atoms with E-state index in [9.17, 15) is 9.59 Å². The number of rotatable bonds is 12. The molecule has 3 aromatic carbocycles. The van der Waals surface area contributed by atoms with Crippen LogP contribution in [0.1, 0.15) is 22.8 Å². The Balaban J connectivity index is 1.51. The van der Waals surface area contributed by atoms with E-state index < -0.39 is 0 Å². The molecule has 2 amide bonds. The Morgan fingerprint density at radius 1 is 0.882 bits per heavy atom. The maximum Gasteiger partial charge on any atom is 0.253 e. The Morgan fingerprint density at radius 3 is 2.44 bits per heavy atom. The fraction of sp³-hybridized carbons (Fsp3) is 0.259. The minimum absolute atomic E-state index is 0.0779. The summed E-state index contributed by atoms with van der Waals surface area (Å²) < 4.78 is 10.9. The van der Waals surface area contributed by atoms with Crippen LogP contribution in [0.3, 0.4) is 0 Å². The maximum absolute atomic E-state index is 12.8. The van der Waals surface area contributed by atoms with Gasteiger partial charge in [-0.25, -0.2) is 0 Å². The van der Waals surface area contributed by atoms with Gasteiger partial charge in [0.2, 0.25) is 5.91 Å². The average Bonchev–Trinajstić information content (AvgIpc) is 2.86. The van der Waals surface area contributed by atoms with Gasteiger partial charge in [0.05, 0.1) is 13.2 Å². The van der Waals surface area contributed by atoms with Crippen LogP contribution in [-0.4, -0.2) is 50.1 Å². The maximum atomic E-state index is 12.8. The van der Waals surface area contributed by atoms with Gasteiger partial charge in [0, 0.05) is 43.2 Å². The quantitative estimate of drug-likeness (QED) is 0.390. The summed E-state index contributed by atoms with van der Waals surface area (Å²) in [5.74, 6) is 0.375. The molecule has 0 atom stereocenters. The fourth-order valence-electron chi connectivity index (χ4n) is 3.33. The van der Waals surface area contributed by atoms with Gasteiger partial charge in [-0.1, -0.05) is 42.5 Å². The molecule has 0 aliphatic carbocycles. The van der Waals surface area contributed by atoms with Crippen molar-refractivity contribution in [2.75, 3.05) is 44.0 Å². The van der Waals surface area contributed by atoms with Gasteiger partial charge in [-0.05, 0) is 42.8 Å². The number of anilines is 2. The van der Waals surface area contributed by atoms with Gasteiger partial charge in [0.15, 0.2) is 0 Å². The zero-order valence-corrected chi connectivity index (χ0v) is 19.6. The number of nitrogens with zero attached hydrogens (tertiary/aromatic N) is 1. The normalized spacial score (nSPS) is 10.4. The molecule has 3 rings (SSSR count). The molecule has 0 aromatic heterocycles. The molecule has 0 fully saturated rings. The minimum atomic E-state index is -0.218. The summed E-state index contributed by atoms with van der Waals surface area (Å²) >= 11 is 0. The van der Waals surface area contributed by atoms with Crippen molar-refractivity contribution < 1.29 is 19.1 Å². The molecule has 34 heavy (non-hydrogen) atoms. The monoisotopic (exact) mass is 461 g/mol. The molecule has 0 spiro atoms. The number of hydrogen-bond donors (Lipinski definition) is 2. The van der Waals surface area contributed by atoms with Gasteiger partial charge in [-0.2, -0.15) is 0 Å². The second-order valence-corrected chi connectivity index (χ2v) is 7.70. The Kier molecular flexibility index (Phi) is 9.49. The molecule has 3 aromatic rings. The summed E-state index contributed by atoms with van der Waals surface area (Å²) in [6.45, 7) is 4.17. The highest BCUT2D eigenvalue weighted by atomic mass is 16.5. The standard InChI is InChI=1S/C27H31N3O4/c1-3-33-15-16-34-25-14-8-12-23(18-25)28-19-26(31)29-24-13-7-11-22(17-24)27(32)30(2)20-21-9-5-4-6-10-21/h4-14,17-18,28H,3,15-16,19-20H2,1-2H3,(H,29,31). The van der Waals surface area contributed by atoms with Gasteiger partial charge < -0.3 is 25.0 Å². The highest BCUT2D eigenvalue weighted by Crippen LogP contribution is 2.18. The lowest BCUT2D eigenvalue weighted by molar-refractivity contribution is -0.114. The molecule has 0 saturated heterocycles. The third-order valence-corrected chi connectivity index (χ3v) is 4.99. The predicted molar refractivity (Wildman–Crippen MR) is 134 cm³/mol. The second-order valence-electron chi connectivity index (χ2n) is 7.70. The third-order valence-electron chi connectivity index (χ3n) is 4.99. The predicted octanol–water partition coefficient (Wildman–Crippen LogP) is 4.42. The fourth-order valence-corrected chi connectivity index (χ4v) is 3.33. The van der Waals surface area contributed by atoms with Crippen LogP contribution in [0.4, 0.5) is 11.4 Å². The molecule has 0 saturated carbocycles. The Labute approximate surface area is 200 Å².